The van der Waals surface area contributed by atoms with Crippen LogP contribution in [0.2, 0.25) is 0 Å². The highest BCUT2D eigenvalue weighted by molar-refractivity contribution is 5.85. The van der Waals surface area contributed by atoms with Crippen LogP contribution in [0.3, 0.4) is 0 Å². The number of hydrogen-bond donors (Lipinski definition) is 1. The number of carboxylic acid groups (broad SMARTS) is 1. The Morgan fingerprint density at radius 3 is 2.94 bits per heavy atom. The summed E-state index contributed by atoms with van der Waals surface area (Å²) in [5, 5.41) is 16.7. The monoisotopic (exact) mass is 235 g/mol. The highest BCUT2D eigenvalue weighted by Gasteiger charge is 2.15. The second kappa shape index (κ2) is 4.40. The van der Waals surface area contributed by atoms with Gasteiger partial charge in [0, 0.05) is 18.8 Å². The molecule has 6 nitrogen and oxygen atoms in total. The number of aromatic nitrogens is 3. The third kappa shape index (κ3) is 2.35. The first-order valence-corrected chi connectivity index (χ1v) is 5.30. The van der Waals surface area contributed by atoms with Crippen LogP contribution in [0.1, 0.15) is 24.4 Å². The second-order valence-corrected chi connectivity index (χ2v) is 4.17. The summed E-state index contributed by atoms with van der Waals surface area (Å²) in [7, 11) is 0. The molecule has 0 atom stereocenters. The average Bonchev–Trinajstić information content (AvgIpc) is 2.83. The minimum absolute atomic E-state index is 0.169. The van der Waals surface area contributed by atoms with E-state index in [0.717, 1.165) is 12.2 Å². The maximum atomic E-state index is 10.7. The van der Waals surface area contributed by atoms with Crippen molar-refractivity contribution in [3.8, 4) is 11.4 Å². The van der Waals surface area contributed by atoms with Crippen LogP contribution < -0.4 is 0 Å². The fourth-order valence-electron chi connectivity index (χ4n) is 1.54. The fourth-order valence-corrected chi connectivity index (χ4v) is 1.54. The lowest BCUT2D eigenvalue weighted by molar-refractivity contribution is 0.0652. The summed E-state index contributed by atoms with van der Waals surface area (Å²) >= 11 is 0. The summed E-state index contributed by atoms with van der Waals surface area (Å²) < 4.78 is 6.51. The molecule has 2 aromatic heterocycles. The summed E-state index contributed by atoms with van der Waals surface area (Å²) in [5.41, 5.74) is 1.25. The Morgan fingerprint density at radius 2 is 2.35 bits per heavy atom. The average molecular weight is 235 g/mol. The number of carboxylic acids is 1. The molecule has 90 valence electrons. The molecule has 2 rings (SSSR count). The van der Waals surface area contributed by atoms with Crippen LogP contribution in [0.15, 0.2) is 22.9 Å². The van der Waals surface area contributed by atoms with E-state index in [2.05, 4.69) is 24.1 Å². The van der Waals surface area contributed by atoms with E-state index in [1.165, 1.54) is 6.07 Å². The van der Waals surface area contributed by atoms with Crippen LogP contribution in [0.25, 0.3) is 11.4 Å². The van der Waals surface area contributed by atoms with Crippen LogP contribution in [0, 0.1) is 5.92 Å². The van der Waals surface area contributed by atoms with E-state index >= 15 is 0 Å². The molecule has 0 amide bonds. The van der Waals surface area contributed by atoms with Crippen molar-refractivity contribution in [2.45, 2.75) is 20.4 Å². The Hall–Kier alpha value is -2.11. The van der Waals surface area contributed by atoms with E-state index in [0.29, 0.717) is 11.6 Å². The molecule has 0 unspecified atom stereocenters. The van der Waals surface area contributed by atoms with Crippen molar-refractivity contribution in [1.82, 2.24) is 14.9 Å². The van der Waals surface area contributed by atoms with Gasteiger partial charge in [-0.2, -0.15) is 5.10 Å². The van der Waals surface area contributed by atoms with Crippen LogP contribution in [-0.4, -0.2) is 26.0 Å². The van der Waals surface area contributed by atoms with E-state index in [9.17, 15) is 4.79 Å². The van der Waals surface area contributed by atoms with Crippen molar-refractivity contribution in [3.05, 3.63) is 24.1 Å². The van der Waals surface area contributed by atoms with E-state index in [4.69, 9.17) is 9.63 Å². The van der Waals surface area contributed by atoms with Gasteiger partial charge < -0.3 is 9.63 Å². The lowest BCUT2D eigenvalue weighted by atomic mass is 10.2. The number of rotatable bonds is 4. The summed E-state index contributed by atoms with van der Waals surface area (Å²) in [6.45, 7) is 4.91. The largest absolute Gasteiger partial charge is 0.475 e. The van der Waals surface area contributed by atoms with Gasteiger partial charge in [0.25, 0.3) is 0 Å². The van der Waals surface area contributed by atoms with Crippen LogP contribution in [0.4, 0.5) is 0 Å². The molecule has 1 N–H and O–H groups in total. The van der Waals surface area contributed by atoms with Gasteiger partial charge >= 0.3 is 5.97 Å². The van der Waals surface area contributed by atoms with Gasteiger partial charge in [0.05, 0.1) is 5.69 Å². The summed E-state index contributed by atoms with van der Waals surface area (Å²) in [6, 6.07) is 3.18. The predicted molar refractivity (Wildman–Crippen MR) is 59.5 cm³/mol. The van der Waals surface area contributed by atoms with Crippen molar-refractivity contribution in [3.63, 3.8) is 0 Å². The summed E-state index contributed by atoms with van der Waals surface area (Å²) in [6.07, 6.45) is 1.66. The summed E-state index contributed by atoms with van der Waals surface area (Å²) in [4.78, 5) is 10.7. The molecule has 6 heteroatoms. The minimum Gasteiger partial charge on any atom is -0.475 e. The zero-order chi connectivity index (χ0) is 12.4. The van der Waals surface area contributed by atoms with Crippen molar-refractivity contribution in [1.29, 1.82) is 0 Å². The first kappa shape index (κ1) is 11.4. The van der Waals surface area contributed by atoms with Crippen molar-refractivity contribution < 1.29 is 14.4 Å². The molecule has 2 heterocycles. The maximum absolute atomic E-state index is 10.7. The number of aromatic carboxylic acids is 1. The van der Waals surface area contributed by atoms with Crippen molar-refractivity contribution >= 4 is 5.97 Å². The third-order valence-electron chi connectivity index (χ3n) is 2.24. The SMILES string of the molecule is CC(C)Cn1nccc1-c1cc(C(=O)O)on1. The van der Waals surface area contributed by atoms with Crippen molar-refractivity contribution in [2.75, 3.05) is 0 Å². The highest BCUT2D eigenvalue weighted by atomic mass is 16.5. The second-order valence-electron chi connectivity index (χ2n) is 4.17. The molecule has 0 radical (unpaired) electrons. The Kier molecular flexibility index (Phi) is 2.95. The third-order valence-corrected chi connectivity index (χ3v) is 2.24. The van der Waals surface area contributed by atoms with Crippen LogP contribution in [0.5, 0.6) is 0 Å². The quantitative estimate of drug-likeness (QED) is 0.875. The number of hydrogen-bond acceptors (Lipinski definition) is 4. The Balaban J connectivity index is 2.32. The fraction of sp³-hybridized carbons (Fsp3) is 0.364. The lowest BCUT2D eigenvalue weighted by Gasteiger charge is -2.07. The van der Waals surface area contributed by atoms with Crippen molar-refractivity contribution in [2.24, 2.45) is 5.92 Å². The standard InChI is InChI=1S/C11H13N3O3/c1-7(2)6-14-9(3-4-12-14)8-5-10(11(15)16)17-13-8/h3-5,7H,6H2,1-2H3,(H,15,16). The Morgan fingerprint density at radius 1 is 1.59 bits per heavy atom. The van der Waals surface area contributed by atoms with Crippen LogP contribution in [-0.2, 0) is 6.54 Å². The van der Waals surface area contributed by atoms with Gasteiger partial charge in [0.2, 0.25) is 5.76 Å². The molecule has 17 heavy (non-hydrogen) atoms. The van der Waals surface area contributed by atoms with Gasteiger partial charge in [-0.25, -0.2) is 4.79 Å². The molecule has 0 aromatic carbocycles. The number of carbonyl (C=O) groups is 1. The molecule has 0 saturated heterocycles. The van der Waals surface area contributed by atoms with Gasteiger partial charge in [-0.3, -0.25) is 4.68 Å². The predicted octanol–water partition coefficient (Wildman–Crippen LogP) is 1.89. The maximum Gasteiger partial charge on any atom is 0.374 e. The first-order valence-electron chi connectivity index (χ1n) is 5.30. The molecular weight excluding hydrogens is 222 g/mol. The van der Waals surface area contributed by atoms with E-state index in [1.807, 2.05) is 0 Å². The normalized spacial score (nSPS) is 11.0. The number of nitrogens with zero attached hydrogens (tertiary/aromatic N) is 3. The molecule has 0 aliphatic rings. The molecule has 0 fully saturated rings. The summed E-state index contributed by atoms with van der Waals surface area (Å²) in [5.74, 6) is -0.851. The van der Waals surface area contributed by atoms with E-state index in [1.54, 1.807) is 16.9 Å². The van der Waals surface area contributed by atoms with Gasteiger partial charge in [0.1, 0.15) is 5.69 Å². The van der Waals surface area contributed by atoms with E-state index in [-0.39, 0.29) is 5.76 Å². The molecule has 0 aliphatic carbocycles. The molecule has 0 saturated carbocycles. The van der Waals surface area contributed by atoms with Gasteiger partial charge in [-0.1, -0.05) is 19.0 Å². The highest BCUT2D eigenvalue weighted by Crippen LogP contribution is 2.19. The van der Waals surface area contributed by atoms with E-state index < -0.39 is 5.97 Å². The molecular formula is C11H13N3O3. The van der Waals surface area contributed by atoms with Gasteiger partial charge in [0.15, 0.2) is 0 Å². The van der Waals surface area contributed by atoms with Gasteiger partial charge in [-0.05, 0) is 12.0 Å². The first-order chi connectivity index (χ1) is 8.08. The molecule has 0 spiro atoms. The minimum atomic E-state index is -1.13. The zero-order valence-corrected chi connectivity index (χ0v) is 9.62. The Labute approximate surface area is 97.8 Å². The lowest BCUT2D eigenvalue weighted by Crippen LogP contribution is -2.07. The van der Waals surface area contributed by atoms with Gasteiger partial charge in [-0.15, -0.1) is 0 Å². The zero-order valence-electron chi connectivity index (χ0n) is 9.62. The smallest absolute Gasteiger partial charge is 0.374 e. The van der Waals surface area contributed by atoms with Crippen LogP contribution >= 0.6 is 0 Å². The Bertz CT molecular complexity index is 528. The topological polar surface area (TPSA) is 81.2 Å². The molecule has 0 bridgehead atoms. The molecule has 0 aliphatic heterocycles. The molecule has 2 aromatic rings.